The number of allylic oxidation sites excluding steroid dienone is 1. The van der Waals surface area contributed by atoms with Crippen LogP contribution in [0.25, 0.3) is 0 Å². The number of ether oxygens (including phenoxy) is 1. The number of carbonyl (C=O) groups excluding carboxylic acids is 1. The maximum absolute atomic E-state index is 13.0. The zero-order valence-corrected chi connectivity index (χ0v) is 15.5. The Bertz CT molecular complexity index is 718. The summed E-state index contributed by atoms with van der Waals surface area (Å²) >= 11 is 0. The van der Waals surface area contributed by atoms with Gasteiger partial charge in [-0.2, -0.15) is 4.31 Å². The number of rotatable bonds is 5. The highest BCUT2D eigenvalue weighted by Gasteiger charge is 2.39. The first-order valence-electron chi connectivity index (χ1n) is 8.07. The standard InChI is InChI=1S/C18H25NO4S/c1-13(2)9-17-10-16(12-23-15(4)20)11-19(17)24(21,22)18-7-5-14(3)6-8-18/h5-9,16-17H,10-12H2,1-4H3. The van der Waals surface area contributed by atoms with Crippen molar-refractivity contribution in [3.05, 3.63) is 41.5 Å². The van der Waals surface area contributed by atoms with Gasteiger partial charge in [0.15, 0.2) is 0 Å². The van der Waals surface area contributed by atoms with Crippen molar-refractivity contribution in [2.24, 2.45) is 5.92 Å². The smallest absolute Gasteiger partial charge is 0.302 e. The molecule has 0 radical (unpaired) electrons. The Kier molecular flexibility index (Phi) is 5.83. The van der Waals surface area contributed by atoms with Crippen molar-refractivity contribution in [1.29, 1.82) is 0 Å². The van der Waals surface area contributed by atoms with E-state index >= 15 is 0 Å². The van der Waals surface area contributed by atoms with Gasteiger partial charge in [0.05, 0.1) is 11.5 Å². The van der Waals surface area contributed by atoms with Gasteiger partial charge in [-0.3, -0.25) is 4.79 Å². The Balaban J connectivity index is 2.28. The van der Waals surface area contributed by atoms with Crippen molar-refractivity contribution < 1.29 is 17.9 Å². The molecule has 1 saturated heterocycles. The fraction of sp³-hybridized carbons (Fsp3) is 0.500. The number of esters is 1. The fourth-order valence-corrected chi connectivity index (χ4v) is 4.60. The van der Waals surface area contributed by atoms with Crippen molar-refractivity contribution >= 4 is 16.0 Å². The van der Waals surface area contributed by atoms with Gasteiger partial charge in [0.25, 0.3) is 0 Å². The van der Waals surface area contributed by atoms with Gasteiger partial charge in [-0.05, 0) is 39.3 Å². The maximum atomic E-state index is 13.0. The van der Waals surface area contributed by atoms with E-state index in [1.54, 1.807) is 24.3 Å². The molecule has 0 N–H and O–H groups in total. The number of carbonyl (C=O) groups is 1. The molecule has 132 valence electrons. The molecule has 1 heterocycles. The van der Waals surface area contributed by atoms with Crippen LogP contribution >= 0.6 is 0 Å². The predicted molar refractivity (Wildman–Crippen MR) is 93.0 cm³/mol. The van der Waals surface area contributed by atoms with Crippen LogP contribution in [0.3, 0.4) is 0 Å². The molecule has 1 aliphatic heterocycles. The molecule has 1 aromatic carbocycles. The van der Waals surface area contributed by atoms with Crippen molar-refractivity contribution in [1.82, 2.24) is 4.31 Å². The lowest BCUT2D eigenvalue weighted by Gasteiger charge is -2.22. The lowest BCUT2D eigenvalue weighted by Crippen LogP contribution is -2.35. The molecule has 0 bridgehead atoms. The Morgan fingerprint density at radius 3 is 2.42 bits per heavy atom. The molecule has 1 aromatic rings. The van der Waals surface area contributed by atoms with E-state index in [1.165, 1.54) is 11.2 Å². The molecular weight excluding hydrogens is 326 g/mol. The molecule has 6 heteroatoms. The van der Waals surface area contributed by atoms with E-state index < -0.39 is 10.0 Å². The second-order valence-electron chi connectivity index (χ2n) is 6.60. The van der Waals surface area contributed by atoms with E-state index in [4.69, 9.17) is 4.74 Å². The summed E-state index contributed by atoms with van der Waals surface area (Å²) in [5, 5.41) is 0. The van der Waals surface area contributed by atoms with E-state index in [0.717, 1.165) is 11.1 Å². The Hall–Kier alpha value is -1.66. The van der Waals surface area contributed by atoms with Crippen LogP contribution in [-0.4, -0.2) is 37.9 Å². The molecule has 2 unspecified atom stereocenters. The summed E-state index contributed by atoms with van der Waals surface area (Å²) in [6, 6.07) is 6.68. The summed E-state index contributed by atoms with van der Waals surface area (Å²) in [5.74, 6) is -0.330. The first kappa shape index (κ1) is 18.7. The van der Waals surface area contributed by atoms with Gasteiger partial charge >= 0.3 is 5.97 Å². The quantitative estimate of drug-likeness (QED) is 0.604. The molecule has 24 heavy (non-hydrogen) atoms. The van der Waals surface area contributed by atoms with Gasteiger partial charge in [0, 0.05) is 25.4 Å². The van der Waals surface area contributed by atoms with E-state index in [1.807, 2.05) is 26.8 Å². The Morgan fingerprint density at radius 1 is 1.25 bits per heavy atom. The SMILES string of the molecule is CC(=O)OCC1CC(C=C(C)C)N(S(=O)(=O)c2ccc(C)cc2)C1. The maximum Gasteiger partial charge on any atom is 0.302 e. The third-order valence-corrected chi connectivity index (χ3v) is 5.96. The largest absolute Gasteiger partial charge is 0.466 e. The molecule has 1 aliphatic rings. The minimum atomic E-state index is -3.57. The zero-order valence-electron chi connectivity index (χ0n) is 14.7. The van der Waals surface area contributed by atoms with Crippen molar-refractivity contribution in [3.8, 4) is 0 Å². The Morgan fingerprint density at radius 2 is 1.88 bits per heavy atom. The van der Waals surface area contributed by atoms with Gasteiger partial charge in [0.2, 0.25) is 10.0 Å². The topological polar surface area (TPSA) is 63.7 Å². The first-order valence-corrected chi connectivity index (χ1v) is 9.51. The van der Waals surface area contributed by atoms with Crippen molar-refractivity contribution in [2.75, 3.05) is 13.2 Å². The third-order valence-electron chi connectivity index (χ3n) is 4.06. The molecule has 0 aliphatic carbocycles. The van der Waals surface area contributed by atoms with E-state index in [9.17, 15) is 13.2 Å². The highest BCUT2D eigenvalue weighted by atomic mass is 32.2. The van der Waals surface area contributed by atoms with E-state index in [-0.39, 0.29) is 24.5 Å². The number of hydrogen-bond donors (Lipinski definition) is 0. The predicted octanol–water partition coefficient (Wildman–Crippen LogP) is 2.90. The van der Waals surface area contributed by atoms with Crippen LogP contribution in [0.1, 0.15) is 32.8 Å². The second kappa shape index (κ2) is 7.49. The summed E-state index contributed by atoms with van der Waals surface area (Å²) < 4.78 is 32.6. The van der Waals surface area contributed by atoms with Crippen LogP contribution in [0.2, 0.25) is 0 Å². The van der Waals surface area contributed by atoms with Crippen LogP contribution in [0.5, 0.6) is 0 Å². The van der Waals surface area contributed by atoms with Crippen molar-refractivity contribution in [2.45, 2.75) is 45.1 Å². The molecule has 0 saturated carbocycles. The van der Waals surface area contributed by atoms with Crippen LogP contribution in [0, 0.1) is 12.8 Å². The average molecular weight is 351 g/mol. The molecule has 0 aromatic heterocycles. The summed E-state index contributed by atoms with van der Waals surface area (Å²) in [5.41, 5.74) is 2.08. The van der Waals surface area contributed by atoms with Crippen LogP contribution in [0.15, 0.2) is 40.8 Å². The van der Waals surface area contributed by atoms with Gasteiger partial charge < -0.3 is 4.74 Å². The van der Waals surface area contributed by atoms with E-state index in [2.05, 4.69) is 0 Å². The zero-order chi connectivity index (χ0) is 17.9. The third kappa shape index (κ3) is 4.45. The van der Waals surface area contributed by atoms with Gasteiger partial charge in [-0.25, -0.2) is 8.42 Å². The van der Waals surface area contributed by atoms with Crippen LogP contribution in [0.4, 0.5) is 0 Å². The average Bonchev–Trinajstić information content (AvgIpc) is 2.88. The van der Waals surface area contributed by atoms with Gasteiger partial charge in [0.1, 0.15) is 0 Å². The first-order chi connectivity index (χ1) is 11.2. The Labute approximate surface area is 144 Å². The van der Waals surface area contributed by atoms with Crippen molar-refractivity contribution in [3.63, 3.8) is 0 Å². The molecule has 1 fully saturated rings. The molecule has 0 amide bonds. The van der Waals surface area contributed by atoms with E-state index in [0.29, 0.717) is 17.9 Å². The lowest BCUT2D eigenvalue weighted by atomic mass is 10.1. The molecule has 5 nitrogen and oxygen atoms in total. The highest BCUT2D eigenvalue weighted by Crippen LogP contribution is 2.31. The normalized spacial score (nSPS) is 21.5. The summed E-state index contributed by atoms with van der Waals surface area (Å²) in [4.78, 5) is 11.3. The molecule has 0 spiro atoms. The minimum absolute atomic E-state index is 0.00900. The molecule has 2 rings (SSSR count). The summed E-state index contributed by atoms with van der Waals surface area (Å²) in [7, 11) is -3.57. The number of aryl methyl sites for hydroxylation is 1. The number of hydrogen-bond acceptors (Lipinski definition) is 4. The van der Waals surface area contributed by atoms with Crippen LogP contribution < -0.4 is 0 Å². The molecule has 2 atom stereocenters. The van der Waals surface area contributed by atoms with Gasteiger partial charge in [-0.15, -0.1) is 0 Å². The number of nitrogens with zero attached hydrogens (tertiary/aromatic N) is 1. The van der Waals surface area contributed by atoms with Crippen LogP contribution in [-0.2, 0) is 19.6 Å². The monoisotopic (exact) mass is 351 g/mol. The summed E-state index contributed by atoms with van der Waals surface area (Å²) in [6.07, 6.45) is 2.63. The fourth-order valence-electron chi connectivity index (χ4n) is 2.94. The highest BCUT2D eigenvalue weighted by molar-refractivity contribution is 7.89. The lowest BCUT2D eigenvalue weighted by molar-refractivity contribution is -0.142. The minimum Gasteiger partial charge on any atom is -0.466 e. The number of sulfonamides is 1. The second-order valence-corrected chi connectivity index (χ2v) is 8.49. The number of benzene rings is 1. The van der Waals surface area contributed by atoms with Gasteiger partial charge in [-0.1, -0.05) is 29.3 Å². The molecular formula is C18H25NO4S. The summed E-state index contributed by atoms with van der Waals surface area (Å²) in [6.45, 7) is 7.81.